The molecule has 0 atom stereocenters. The Bertz CT molecular complexity index is 273. The van der Waals surface area contributed by atoms with Crippen molar-refractivity contribution in [3.8, 4) is 0 Å². The Morgan fingerprint density at radius 3 is 1.39 bits per heavy atom. The van der Waals surface area contributed by atoms with E-state index in [1.807, 2.05) is 6.20 Å². The molecule has 107 valence electrons. The summed E-state index contributed by atoms with van der Waals surface area (Å²) in [5.41, 5.74) is 0. The summed E-state index contributed by atoms with van der Waals surface area (Å²) >= 11 is 0. The summed E-state index contributed by atoms with van der Waals surface area (Å²) in [5.74, 6) is 0. The first-order valence-corrected chi connectivity index (χ1v) is 5.74. The molecule has 0 N–H and O–H groups in total. The number of imidazole rings is 1. The Morgan fingerprint density at radius 2 is 1.28 bits per heavy atom. The number of aromatic nitrogens is 2. The first-order chi connectivity index (χ1) is 7.43. The van der Waals surface area contributed by atoms with E-state index < -0.39 is 20.5 Å². The van der Waals surface area contributed by atoms with Crippen LogP contribution < -0.4 is 37.3 Å². The van der Waals surface area contributed by atoms with Gasteiger partial charge in [-0.2, -0.15) is 0 Å². The van der Waals surface area contributed by atoms with Crippen molar-refractivity contribution >= 4 is 6.20 Å². The van der Waals surface area contributed by atoms with Crippen LogP contribution in [0.15, 0.2) is 25.3 Å². The maximum atomic E-state index is 8.49. The Hall–Kier alpha value is -0.284. The zero-order chi connectivity index (χ0) is 14.1. The molecule has 0 aliphatic carbocycles. The minimum Gasteiger partial charge on any atom is -0.314 e. The second kappa shape index (κ2) is 10.6. The molecule has 0 aromatic carbocycles. The molecule has 0 spiro atoms. The van der Waals surface area contributed by atoms with Crippen molar-refractivity contribution in [1.29, 1.82) is 0 Å². The minimum absolute atomic E-state index is 0. The largest absolute Gasteiger partial charge is 2.00 e. The van der Waals surface area contributed by atoms with Crippen LogP contribution in [0.4, 0.5) is 0 Å². The van der Waals surface area contributed by atoms with E-state index in [1.54, 1.807) is 23.3 Å². The van der Waals surface area contributed by atoms with Crippen LogP contribution in [-0.4, -0.2) is 9.55 Å². The summed E-state index contributed by atoms with van der Waals surface area (Å²) in [7, 11) is -9.89. The van der Waals surface area contributed by atoms with E-state index in [0.717, 1.165) is 0 Å². The van der Waals surface area contributed by atoms with Crippen molar-refractivity contribution in [2.75, 3.05) is 0 Å². The summed E-state index contributed by atoms with van der Waals surface area (Å²) < 4.78 is 69.7. The van der Waals surface area contributed by atoms with Crippen LogP contribution in [0.1, 0.15) is 0 Å². The Kier molecular flexibility index (Phi) is 13.5. The third-order valence-electron chi connectivity index (χ3n) is 0.736. The monoisotopic (exact) mass is 351 g/mol. The van der Waals surface area contributed by atoms with Crippen molar-refractivity contribution in [3.63, 3.8) is 0 Å². The van der Waals surface area contributed by atoms with Gasteiger partial charge in [0.2, 0.25) is 0 Å². The smallest absolute Gasteiger partial charge is 0.314 e. The van der Waals surface area contributed by atoms with E-state index in [-0.39, 0.29) is 16.8 Å². The number of hydrogen-bond acceptors (Lipinski definition) is 9. The van der Waals surface area contributed by atoms with Crippen molar-refractivity contribution in [3.05, 3.63) is 25.3 Å². The molecule has 0 fully saturated rings. The summed E-state index contributed by atoms with van der Waals surface area (Å²) in [6.45, 7) is 3.53. The first-order valence-electron chi connectivity index (χ1n) is 3.27. The molecule has 1 heterocycles. The van der Waals surface area contributed by atoms with Gasteiger partial charge in [0.05, 0.1) is 6.33 Å². The molecule has 13 heteroatoms. The molecule has 10 nitrogen and oxygen atoms in total. The molecule has 0 aliphatic heterocycles. The Labute approximate surface area is 116 Å². The maximum absolute atomic E-state index is 8.49. The molecule has 0 bridgehead atoms. The van der Waals surface area contributed by atoms with Gasteiger partial charge >= 0.3 is 16.8 Å². The fourth-order valence-corrected chi connectivity index (χ4v) is 0.377. The second-order valence-corrected chi connectivity index (χ2v) is 3.46. The van der Waals surface area contributed by atoms with E-state index in [4.69, 9.17) is 37.3 Å². The third kappa shape index (κ3) is 44.8. The van der Waals surface area contributed by atoms with E-state index in [1.165, 1.54) is 0 Å². The average Bonchev–Trinajstić information content (AvgIpc) is 2.48. The standard InChI is InChI=1S/C5H6N2.2ClHO4.Co/c1-2-7-4-3-6-5-7;2*2-1(3,4)5;/h2-5H,1H2;2*(H,2,3,4,5);/q;;;+2/p-2. The fourth-order valence-electron chi connectivity index (χ4n) is 0.377. The maximum Gasteiger partial charge on any atom is 2.00 e. The number of nitrogens with zero attached hydrogens (tertiary/aromatic N) is 2. The zero-order valence-corrected chi connectivity index (χ0v) is 10.8. The molecule has 1 aromatic heterocycles. The third-order valence-corrected chi connectivity index (χ3v) is 0.736. The molecule has 18 heavy (non-hydrogen) atoms. The van der Waals surface area contributed by atoms with E-state index in [0.29, 0.717) is 0 Å². The normalized spacial score (nSPS) is 10.0. The van der Waals surface area contributed by atoms with E-state index in [2.05, 4.69) is 11.6 Å². The van der Waals surface area contributed by atoms with Gasteiger partial charge in [-0.3, -0.25) is 0 Å². The number of rotatable bonds is 1. The quantitative estimate of drug-likeness (QED) is 0.470. The Morgan fingerprint density at radius 1 is 0.944 bits per heavy atom. The van der Waals surface area contributed by atoms with Crippen LogP contribution in [-0.2, 0) is 16.8 Å². The van der Waals surface area contributed by atoms with Crippen molar-refractivity contribution in [2.45, 2.75) is 0 Å². The van der Waals surface area contributed by atoms with Gasteiger partial charge in [-0.25, -0.2) is 42.3 Å². The number of halogens is 2. The van der Waals surface area contributed by atoms with Gasteiger partial charge < -0.3 is 4.57 Å². The zero-order valence-electron chi connectivity index (χ0n) is 8.27. The molecule has 0 unspecified atom stereocenters. The van der Waals surface area contributed by atoms with E-state index in [9.17, 15) is 0 Å². The summed E-state index contributed by atoms with van der Waals surface area (Å²) in [6.07, 6.45) is 6.91. The summed E-state index contributed by atoms with van der Waals surface area (Å²) in [5, 5.41) is 0. The van der Waals surface area contributed by atoms with Crippen molar-refractivity contribution in [1.82, 2.24) is 9.55 Å². The number of hydrogen-bond donors (Lipinski definition) is 0. The van der Waals surface area contributed by atoms with Gasteiger partial charge in [0.15, 0.2) is 0 Å². The summed E-state index contributed by atoms with van der Waals surface area (Å²) in [4.78, 5) is 3.78. The predicted octanol–water partition coefficient (Wildman–Crippen LogP) is -8.53. The molecule has 1 rings (SSSR count). The topological polar surface area (TPSA) is 202 Å². The van der Waals surface area contributed by atoms with Gasteiger partial charge in [0.25, 0.3) is 0 Å². The van der Waals surface area contributed by atoms with Gasteiger partial charge in [0.1, 0.15) is 0 Å². The van der Waals surface area contributed by atoms with Crippen molar-refractivity contribution < 1.29 is 74.5 Å². The van der Waals surface area contributed by atoms with Crippen LogP contribution in [0, 0.1) is 20.5 Å². The fraction of sp³-hybridized carbons (Fsp3) is 0. The van der Waals surface area contributed by atoms with Crippen LogP contribution in [0.3, 0.4) is 0 Å². The molecule has 0 saturated carbocycles. The van der Waals surface area contributed by atoms with Crippen LogP contribution in [0.25, 0.3) is 6.20 Å². The molecule has 0 saturated heterocycles. The molecule has 0 amide bonds. The summed E-state index contributed by atoms with van der Waals surface area (Å²) in [6, 6.07) is 0. The minimum atomic E-state index is -4.94. The SMILES string of the molecule is C=Cn1ccnc1.[Co+2].[O-][Cl+3]([O-])([O-])[O-].[O-][Cl+3]([O-])([O-])[O-]. The molecule has 1 radical (unpaired) electrons. The van der Waals surface area contributed by atoms with Gasteiger partial charge in [0, 0.05) is 18.6 Å². The van der Waals surface area contributed by atoms with Gasteiger partial charge in [-0.15, -0.1) is 20.5 Å². The predicted molar refractivity (Wildman–Crippen MR) is 28.6 cm³/mol. The average molecular weight is 352 g/mol. The molecular weight excluding hydrogens is 346 g/mol. The Balaban J connectivity index is -0.000000188. The van der Waals surface area contributed by atoms with Gasteiger partial charge in [-0.1, -0.05) is 6.58 Å². The van der Waals surface area contributed by atoms with Crippen molar-refractivity contribution in [2.24, 2.45) is 0 Å². The van der Waals surface area contributed by atoms with E-state index >= 15 is 0 Å². The van der Waals surface area contributed by atoms with Crippen LogP contribution >= 0.6 is 0 Å². The molecule has 0 aliphatic rings. The van der Waals surface area contributed by atoms with Gasteiger partial charge in [-0.05, 0) is 0 Å². The second-order valence-electron chi connectivity index (χ2n) is 1.95. The first kappa shape index (κ1) is 22.9. The molecule has 1 aromatic rings. The van der Waals surface area contributed by atoms with Crippen LogP contribution in [0.2, 0.25) is 0 Å². The molecular formula is C5H6Cl2CoN2O8. The van der Waals surface area contributed by atoms with Crippen LogP contribution in [0.5, 0.6) is 0 Å².